The summed E-state index contributed by atoms with van der Waals surface area (Å²) in [6, 6.07) is 6.87. The highest BCUT2D eigenvalue weighted by Crippen LogP contribution is 2.42. The number of methoxy groups -OCH3 is 3. The van der Waals surface area contributed by atoms with Gasteiger partial charge in [0.25, 0.3) is 5.89 Å². The Hall–Kier alpha value is -5.38. The lowest BCUT2D eigenvalue weighted by atomic mass is 10.1. The van der Waals surface area contributed by atoms with E-state index in [0.29, 0.717) is 44.2 Å². The van der Waals surface area contributed by atoms with E-state index in [2.05, 4.69) is 36.4 Å². The smallest absolute Gasteiger partial charge is 0.322 e. The first-order chi connectivity index (χ1) is 20.2. The third-order valence-electron chi connectivity index (χ3n) is 6.20. The van der Waals surface area contributed by atoms with Gasteiger partial charge in [0.1, 0.15) is 16.7 Å². The molecule has 42 heavy (non-hydrogen) atoms. The summed E-state index contributed by atoms with van der Waals surface area (Å²) in [5.74, 6) is 0.913. The molecule has 1 fully saturated rings. The lowest BCUT2D eigenvalue weighted by Crippen LogP contribution is -2.56. The number of imide groups is 1. The number of hydrogen-bond acceptors (Lipinski definition) is 13. The third-order valence-corrected chi connectivity index (χ3v) is 7.17. The van der Waals surface area contributed by atoms with E-state index < -0.39 is 23.9 Å². The van der Waals surface area contributed by atoms with Crippen molar-refractivity contribution < 1.29 is 33.1 Å². The predicted octanol–water partition coefficient (Wildman–Crippen LogP) is 3.06. The van der Waals surface area contributed by atoms with Crippen LogP contribution in [-0.4, -0.2) is 60.3 Å². The first-order valence-electron chi connectivity index (χ1n) is 12.4. The lowest BCUT2D eigenvalue weighted by molar-refractivity contribution is -0.126. The molecule has 1 aliphatic rings. The normalized spacial score (nSPS) is 14.5. The van der Waals surface area contributed by atoms with E-state index in [1.54, 1.807) is 30.3 Å². The molecule has 4 aromatic rings. The Labute approximate surface area is 242 Å². The average Bonchev–Trinajstić information content (AvgIpc) is 3.59. The molecule has 2 aromatic heterocycles. The minimum absolute atomic E-state index is 0.155. The number of nitrogens with zero attached hydrogens (tertiary/aromatic N) is 3. The molecular weight excluding hydrogens is 568 g/mol. The van der Waals surface area contributed by atoms with Gasteiger partial charge in [-0.25, -0.2) is 9.78 Å². The van der Waals surface area contributed by atoms with Gasteiger partial charge in [0.05, 0.1) is 27.8 Å². The minimum atomic E-state index is -0.995. The Bertz CT molecular complexity index is 1640. The first-order valence-corrected chi connectivity index (χ1v) is 13.2. The topological polar surface area (TPSA) is 205 Å². The van der Waals surface area contributed by atoms with E-state index in [-0.39, 0.29) is 24.0 Å². The van der Waals surface area contributed by atoms with Gasteiger partial charge in [0.15, 0.2) is 16.6 Å². The van der Waals surface area contributed by atoms with Crippen molar-refractivity contribution in [3.63, 3.8) is 0 Å². The Morgan fingerprint density at radius 1 is 1.07 bits per heavy atom. The molecule has 15 nitrogen and oxygen atoms in total. The molecule has 0 aliphatic carbocycles. The number of nitrogens with two attached hydrogens (primary N) is 1. The highest BCUT2D eigenvalue weighted by molar-refractivity contribution is 7.19. The second-order valence-corrected chi connectivity index (χ2v) is 9.99. The number of hydrogen-bond donors (Lipinski definition) is 5. The van der Waals surface area contributed by atoms with Crippen LogP contribution in [0.25, 0.3) is 22.2 Å². The van der Waals surface area contributed by atoms with Gasteiger partial charge in [-0.05, 0) is 24.6 Å². The molecule has 1 aliphatic heterocycles. The summed E-state index contributed by atoms with van der Waals surface area (Å²) in [5.41, 5.74) is 8.63. The predicted molar refractivity (Wildman–Crippen MR) is 153 cm³/mol. The van der Waals surface area contributed by atoms with Crippen molar-refractivity contribution in [1.29, 1.82) is 0 Å². The van der Waals surface area contributed by atoms with Crippen molar-refractivity contribution in [1.82, 2.24) is 25.8 Å². The van der Waals surface area contributed by atoms with E-state index in [4.69, 9.17) is 24.5 Å². The molecular formula is C26H26N8O7S. The Balaban J connectivity index is 1.35. The maximum absolute atomic E-state index is 12.7. The molecule has 0 spiro atoms. The zero-order chi connectivity index (χ0) is 30.0. The maximum atomic E-state index is 12.7. The van der Waals surface area contributed by atoms with Gasteiger partial charge in [0.2, 0.25) is 23.4 Å². The molecule has 16 heteroatoms. The number of ether oxygens (including phenoxy) is 3. The zero-order valence-electron chi connectivity index (χ0n) is 22.9. The molecule has 0 saturated carbocycles. The van der Waals surface area contributed by atoms with Gasteiger partial charge in [-0.1, -0.05) is 22.6 Å². The molecule has 1 saturated heterocycles. The van der Waals surface area contributed by atoms with E-state index in [0.717, 1.165) is 5.56 Å². The Morgan fingerprint density at radius 2 is 1.81 bits per heavy atom. The monoisotopic (exact) mass is 594 g/mol. The van der Waals surface area contributed by atoms with Gasteiger partial charge >= 0.3 is 6.03 Å². The molecule has 6 N–H and O–H groups in total. The van der Waals surface area contributed by atoms with Crippen LogP contribution >= 0.6 is 11.3 Å². The molecule has 1 atom stereocenters. The van der Waals surface area contributed by atoms with Gasteiger partial charge in [-0.2, -0.15) is 4.98 Å². The minimum Gasteiger partial charge on any atom is -0.493 e. The van der Waals surface area contributed by atoms with Crippen molar-refractivity contribution in [2.75, 3.05) is 37.7 Å². The molecule has 0 unspecified atom stereocenters. The highest BCUT2D eigenvalue weighted by atomic mass is 32.1. The lowest BCUT2D eigenvalue weighted by Gasteiger charge is -2.22. The molecule has 5 rings (SSSR count). The number of benzene rings is 2. The highest BCUT2D eigenvalue weighted by Gasteiger charge is 2.29. The number of nitrogen functional groups attached to an aromatic ring is 1. The number of anilines is 4. The van der Waals surface area contributed by atoms with E-state index >= 15 is 0 Å². The summed E-state index contributed by atoms with van der Waals surface area (Å²) in [6.07, 6.45) is -0.169. The fourth-order valence-electron chi connectivity index (χ4n) is 4.18. The quantitative estimate of drug-likeness (QED) is 0.190. The number of amides is 4. The number of thiazole rings is 1. The fraction of sp³-hybridized carbons (Fsp3) is 0.231. The van der Waals surface area contributed by atoms with Crippen molar-refractivity contribution in [2.24, 2.45) is 0 Å². The first kappa shape index (κ1) is 28.2. The van der Waals surface area contributed by atoms with E-state index in [1.807, 2.05) is 6.92 Å². The molecule has 218 valence electrons. The standard InChI is InChI=1S/C26H26N8O7S/c1-11-5-6-12(28-23(36)15-10-18(35)31-25(37)30-15)7-14(11)22-33-24(41-34-22)20-21(27)32-26(42-20)29-13-8-16(38-2)19(40-4)17(9-13)39-3/h5-9,15H,10,27H2,1-4H3,(H,28,36)(H,29,32)(H2,30,31,35,37)/t15-/m1/s1. The molecule has 2 aromatic carbocycles. The molecule has 4 amide bonds. The number of urea groups is 1. The second-order valence-electron chi connectivity index (χ2n) is 8.99. The molecule has 0 radical (unpaired) electrons. The van der Waals surface area contributed by atoms with Crippen LogP contribution in [0.4, 0.5) is 27.1 Å². The van der Waals surface area contributed by atoms with Crippen LogP contribution in [0.1, 0.15) is 12.0 Å². The fourth-order valence-corrected chi connectivity index (χ4v) is 5.00. The van der Waals surface area contributed by atoms with Crippen LogP contribution < -0.4 is 41.2 Å². The summed E-state index contributed by atoms with van der Waals surface area (Å²) in [4.78, 5) is 45.2. The number of rotatable bonds is 9. The number of carbonyl (C=O) groups excluding carboxylic acids is 3. The number of aryl methyl sites for hydroxylation is 1. The molecule has 3 heterocycles. The van der Waals surface area contributed by atoms with Gasteiger partial charge in [-0.15, -0.1) is 0 Å². The van der Waals surface area contributed by atoms with Gasteiger partial charge in [0, 0.05) is 29.1 Å². The van der Waals surface area contributed by atoms with Crippen molar-refractivity contribution in [3.8, 4) is 39.4 Å². The van der Waals surface area contributed by atoms with Crippen LogP contribution in [0.5, 0.6) is 17.2 Å². The van der Waals surface area contributed by atoms with Crippen LogP contribution in [0, 0.1) is 6.92 Å². The summed E-state index contributed by atoms with van der Waals surface area (Å²) >= 11 is 1.20. The van der Waals surface area contributed by atoms with Crippen LogP contribution in [0.2, 0.25) is 0 Å². The average molecular weight is 595 g/mol. The number of carbonyl (C=O) groups is 3. The van der Waals surface area contributed by atoms with Gasteiger partial charge in [-0.3, -0.25) is 14.9 Å². The van der Waals surface area contributed by atoms with Crippen LogP contribution in [-0.2, 0) is 9.59 Å². The van der Waals surface area contributed by atoms with Crippen molar-refractivity contribution in [3.05, 3.63) is 35.9 Å². The summed E-state index contributed by atoms with van der Waals surface area (Å²) < 4.78 is 21.7. The van der Waals surface area contributed by atoms with Crippen molar-refractivity contribution in [2.45, 2.75) is 19.4 Å². The SMILES string of the molecule is COc1cc(Nc2nc(N)c(-c3nc(-c4cc(NC(=O)[C@H]5CC(=O)NC(=O)N5)ccc4C)no3)s2)cc(OC)c1OC. The second kappa shape index (κ2) is 11.6. The largest absolute Gasteiger partial charge is 0.493 e. The van der Waals surface area contributed by atoms with Crippen LogP contribution in [0.3, 0.4) is 0 Å². The Kier molecular flexibility index (Phi) is 7.79. The number of aromatic nitrogens is 3. The van der Waals surface area contributed by atoms with Crippen LogP contribution in [0.15, 0.2) is 34.9 Å². The van der Waals surface area contributed by atoms with Crippen molar-refractivity contribution >= 4 is 51.5 Å². The van der Waals surface area contributed by atoms with Gasteiger partial charge < -0.3 is 40.4 Å². The maximum Gasteiger partial charge on any atom is 0.322 e. The van der Waals surface area contributed by atoms with E-state index in [9.17, 15) is 14.4 Å². The summed E-state index contributed by atoms with van der Waals surface area (Å²) in [5, 5.41) is 14.9. The molecule has 0 bridgehead atoms. The summed E-state index contributed by atoms with van der Waals surface area (Å²) in [6.45, 7) is 1.85. The zero-order valence-corrected chi connectivity index (χ0v) is 23.7. The van der Waals surface area contributed by atoms with E-state index in [1.165, 1.54) is 32.7 Å². The third kappa shape index (κ3) is 5.73. The number of nitrogens with one attached hydrogen (secondary N) is 4. The Morgan fingerprint density at radius 3 is 2.48 bits per heavy atom. The summed E-state index contributed by atoms with van der Waals surface area (Å²) in [7, 11) is 4.57.